The van der Waals surface area contributed by atoms with Crippen LogP contribution in [0.5, 0.6) is 11.5 Å². The molecular weight excluding hydrogens is 446 g/mol. The van der Waals surface area contributed by atoms with Gasteiger partial charge in [0.1, 0.15) is 0 Å². The molecule has 0 spiro atoms. The fourth-order valence-corrected chi connectivity index (χ4v) is 4.27. The normalized spacial score (nSPS) is 16.2. The number of rotatable bonds is 10. The Kier molecular flexibility index (Phi) is 9.08. The highest BCUT2D eigenvalue weighted by Crippen LogP contribution is 2.34. The van der Waals surface area contributed by atoms with Crippen LogP contribution in [0.4, 0.5) is 17.1 Å². The predicted molar refractivity (Wildman–Crippen MR) is 138 cm³/mol. The number of ether oxygens (including phenoxy) is 4. The molecule has 1 amide bonds. The number of benzene rings is 2. The number of hydrogen-bond acceptors (Lipinski definition) is 7. The average molecular weight is 484 g/mol. The van der Waals surface area contributed by atoms with Gasteiger partial charge in [-0.2, -0.15) is 0 Å². The molecule has 8 nitrogen and oxygen atoms in total. The van der Waals surface area contributed by atoms with Crippen molar-refractivity contribution in [3.05, 3.63) is 42.0 Å². The zero-order valence-electron chi connectivity index (χ0n) is 20.9. The van der Waals surface area contributed by atoms with Gasteiger partial charge in [0, 0.05) is 37.4 Å². The van der Waals surface area contributed by atoms with Gasteiger partial charge in [0.2, 0.25) is 0 Å². The molecule has 4 rings (SSSR count). The van der Waals surface area contributed by atoms with Gasteiger partial charge in [0.05, 0.1) is 51.0 Å². The third kappa shape index (κ3) is 6.58. The number of unbranched alkanes of at least 4 members (excludes halogenated alkanes) is 1. The maximum absolute atomic E-state index is 13.3. The Hall–Kier alpha value is -2.97. The van der Waals surface area contributed by atoms with Gasteiger partial charge >= 0.3 is 0 Å². The first-order valence-corrected chi connectivity index (χ1v) is 12.7. The van der Waals surface area contributed by atoms with Crippen molar-refractivity contribution in [3.63, 3.8) is 0 Å². The highest BCUT2D eigenvalue weighted by Gasteiger charge is 2.20. The lowest BCUT2D eigenvalue weighted by Gasteiger charge is -2.33. The second-order valence-electron chi connectivity index (χ2n) is 8.65. The van der Waals surface area contributed by atoms with Crippen molar-refractivity contribution in [3.8, 4) is 11.5 Å². The van der Waals surface area contributed by atoms with Gasteiger partial charge in [-0.05, 0) is 49.7 Å². The summed E-state index contributed by atoms with van der Waals surface area (Å²) in [6, 6.07) is 11.6. The molecular formula is C27H37N3O5. The van der Waals surface area contributed by atoms with E-state index in [-0.39, 0.29) is 5.91 Å². The SMILES string of the molecule is CCCCOc1ccc(C(=O)Nc2ccc(N3CCOCC3)cc2N2CCOCC2)cc1OCC. The molecule has 190 valence electrons. The zero-order valence-corrected chi connectivity index (χ0v) is 20.9. The second kappa shape index (κ2) is 12.7. The Morgan fingerprint density at radius 1 is 0.886 bits per heavy atom. The lowest BCUT2D eigenvalue weighted by molar-refractivity contribution is 0.102. The molecule has 0 saturated carbocycles. The maximum atomic E-state index is 13.3. The molecule has 0 atom stereocenters. The van der Waals surface area contributed by atoms with Crippen molar-refractivity contribution in [2.24, 2.45) is 0 Å². The van der Waals surface area contributed by atoms with Crippen LogP contribution in [-0.2, 0) is 9.47 Å². The molecule has 2 saturated heterocycles. The molecule has 0 aromatic heterocycles. The molecule has 2 heterocycles. The van der Waals surface area contributed by atoms with Crippen molar-refractivity contribution in [1.82, 2.24) is 0 Å². The molecule has 0 unspecified atom stereocenters. The van der Waals surface area contributed by atoms with E-state index in [1.54, 1.807) is 12.1 Å². The summed E-state index contributed by atoms with van der Waals surface area (Å²) in [6.07, 6.45) is 2.03. The summed E-state index contributed by atoms with van der Waals surface area (Å²) in [5, 5.41) is 3.13. The van der Waals surface area contributed by atoms with Crippen LogP contribution in [0.25, 0.3) is 0 Å². The van der Waals surface area contributed by atoms with Crippen molar-refractivity contribution >= 4 is 23.0 Å². The van der Waals surface area contributed by atoms with E-state index in [1.165, 1.54) is 0 Å². The summed E-state index contributed by atoms with van der Waals surface area (Å²) >= 11 is 0. The number of nitrogens with one attached hydrogen (secondary N) is 1. The molecule has 35 heavy (non-hydrogen) atoms. The number of morpholine rings is 2. The second-order valence-corrected chi connectivity index (χ2v) is 8.65. The Labute approximate surface area is 208 Å². The lowest BCUT2D eigenvalue weighted by atomic mass is 10.1. The Morgan fingerprint density at radius 3 is 2.29 bits per heavy atom. The van der Waals surface area contributed by atoms with E-state index >= 15 is 0 Å². The van der Waals surface area contributed by atoms with Crippen molar-refractivity contribution in [2.45, 2.75) is 26.7 Å². The van der Waals surface area contributed by atoms with Crippen molar-refractivity contribution in [2.75, 3.05) is 80.9 Å². The first-order chi connectivity index (χ1) is 17.2. The van der Waals surface area contributed by atoms with Crippen LogP contribution in [0, 0.1) is 0 Å². The van der Waals surface area contributed by atoms with E-state index in [0.29, 0.717) is 43.5 Å². The number of carbonyl (C=O) groups is 1. The van der Waals surface area contributed by atoms with E-state index in [0.717, 1.165) is 69.3 Å². The minimum atomic E-state index is -0.181. The zero-order chi connectivity index (χ0) is 24.5. The third-order valence-corrected chi connectivity index (χ3v) is 6.22. The monoisotopic (exact) mass is 483 g/mol. The Bertz CT molecular complexity index is 971. The number of carbonyl (C=O) groups excluding carboxylic acids is 1. The summed E-state index contributed by atoms with van der Waals surface area (Å²) in [6.45, 7) is 11.3. The number of hydrogen-bond donors (Lipinski definition) is 1. The van der Waals surface area contributed by atoms with Crippen LogP contribution in [0.15, 0.2) is 36.4 Å². The van der Waals surface area contributed by atoms with E-state index < -0.39 is 0 Å². The minimum absolute atomic E-state index is 0.181. The van der Waals surface area contributed by atoms with Crippen molar-refractivity contribution in [1.29, 1.82) is 0 Å². The van der Waals surface area contributed by atoms with Gasteiger partial charge in [-0.15, -0.1) is 0 Å². The van der Waals surface area contributed by atoms with Crippen LogP contribution in [0.2, 0.25) is 0 Å². The number of nitrogens with zero attached hydrogens (tertiary/aromatic N) is 2. The molecule has 1 N–H and O–H groups in total. The fourth-order valence-electron chi connectivity index (χ4n) is 4.27. The Balaban J connectivity index is 1.56. The summed E-state index contributed by atoms with van der Waals surface area (Å²) < 4.78 is 22.7. The van der Waals surface area contributed by atoms with Crippen LogP contribution < -0.4 is 24.6 Å². The fraction of sp³-hybridized carbons (Fsp3) is 0.519. The van der Waals surface area contributed by atoms with E-state index in [9.17, 15) is 4.79 Å². The summed E-state index contributed by atoms with van der Waals surface area (Å²) in [5.41, 5.74) is 3.46. The van der Waals surface area contributed by atoms with E-state index in [1.807, 2.05) is 19.1 Å². The molecule has 0 radical (unpaired) electrons. The smallest absolute Gasteiger partial charge is 0.255 e. The molecule has 2 aliphatic rings. The molecule has 0 aliphatic carbocycles. The topological polar surface area (TPSA) is 72.5 Å². The summed E-state index contributed by atoms with van der Waals surface area (Å²) in [5.74, 6) is 1.08. The van der Waals surface area contributed by atoms with Gasteiger partial charge in [0.15, 0.2) is 11.5 Å². The van der Waals surface area contributed by atoms with Crippen LogP contribution in [-0.4, -0.2) is 71.7 Å². The van der Waals surface area contributed by atoms with Crippen LogP contribution in [0.3, 0.4) is 0 Å². The first-order valence-electron chi connectivity index (χ1n) is 12.7. The number of anilines is 3. The highest BCUT2D eigenvalue weighted by atomic mass is 16.5. The maximum Gasteiger partial charge on any atom is 0.255 e. The number of amides is 1. The molecule has 2 aromatic carbocycles. The standard InChI is InChI=1S/C27H37N3O5/c1-3-5-14-35-25-9-6-21(19-26(25)34-4-2)27(31)28-23-8-7-22(29-10-15-32-16-11-29)20-24(23)30-12-17-33-18-13-30/h6-9,19-20H,3-5,10-18H2,1-2H3,(H,28,31). The van der Waals surface area contributed by atoms with Gasteiger partial charge in [-0.25, -0.2) is 0 Å². The lowest BCUT2D eigenvalue weighted by Crippen LogP contribution is -2.38. The van der Waals surface area contributed by atoms with E-state index in [2.05, 4.69) is 34.2 Å². The summed E-state index contributed by atoms with van der Waals surface area (Å²) in [7, 11) is 0. The Morgan fingerprint density at radius 2 is 1.60 bits per heavy atom. The van der Waals surface area contributed by atoms with Gasteiger partial charge in [-0.3, -0.25) is 4.79 Å². The quantitative estimate of drug-likeness (QED) is 0.508. The molecule has 2 fully saturated rings. The molecule has 2 aromatic rings. The van der Waals surface area contributed by atoms with Crippen molar-refractivity contribution < 1.29 is 23.7 Å². The largest absolute Gasteiger partial charge is 0.490 e. The molecule has 0 bridgehead atoms. The molecule has 2 aliphatic heterocycles. The van der Waals surface area contributed by atoms with Crippen LogP contribution >= 0.6 is 0 Å². The highest BCUT2D eigenvalue weighted by molar-refractivity contribution is 6.06. The third-order valence-electron chi connectivity index (χ3n) is 6.22. The average Bonchev–Trinajstić information content (AvgIpc) is 2.91. The predicted octanol–water partition coefficient (Wildman–Crippen LogP) is 4.19. The van der Waals surface area contributed by atoms with Crippen LogP contribution in [0.1, 0.15) is 37.0 Å². The summed E-state index contributed by atoms with van der Waals surface area (Å²) in [4.78, 5) is 17.9. The van der Waals surface area contributed by atoms with Gasteiger partial charge in [0.25, 0.3) is 5.91 Å². The first kappa shape index (κ1) is 25.1. The van der Waals surface area contributed by atoms with E-state index in [4.69, 9.17) is 18.9 Å². The minimum Gasteiger partial charge on any atom is -0.490 e. The molecule has 8 heteroatoms. The van der Waals surface area contributed by atoms with Gasteiger partial charge < -0.3 is 34.1 Å². The van der Waals surface area contributed by atoms with Gasteiger partial charge in [-0.1, -0.05) is 13.3 Å².